The van der Waals surface area contributed by atoms with Crippen molar-refractivity contribution in [3.8, 4) is 0 Å². The molecule has 14 aromatic rings. The summed E-state index contributed by atoms with van der Waals surface area (Å²) in [6.07, 6.45) is 27.3. The van der Waals surface area contributed by atoms with Crippen LogP contribution >= 0.6 is 34.0 Å². The highest BCUT2D eigenvalue weighted by Gasteiger charge is 2.00. The van der Waals surface area contributed by atoms with Crippen LogP contribution in [0.15, 0.2) is 207 Å². The smallest absolute Gasteiger partial charge is 0.136 e. The summed E-state index contributed by atoms with van der Waals surface area (Å²) in [6.45, 7) is 32.0. The van der Waals surface area contributed by atoms with Crippen molar-refractivity contribution in [1.82, 2.24) is 80.0 Å². The lowest BCUT2D eigenvalue weighted by atomic mass is 10.2. The van der Waals surface area contributed by atoms with Gasteiger partial charge in [-0.1, -0.05) is 11.2 Å². The molecule has 14 heterocycles. The van der Waals surface area contributed by atoms with Gasteiger partial charge in [0, 0.05) is 121 Å². The highest BCUT2D eigenvalue weighted by molar-refractivity contribution is 7.10. The second kappa shape index (κ2) is 48.7. The van der Waals surface area contributed by atoms with Gasteiger partial charge in [-0.15, -0.1) is 22.7 Å². The van der Waals surface area contributed by atoms with Crippen LogP contribution in [-0.4, -0.2) is 80.0 Å². The quantitative estimate of drug-likeness (QED) is 0.0957. The number of nitrogens with zero attached hydrogens (tertiary/aromatic N) is 11. The number of aromatic amines is 5. The van der Waals surface area contributed by atoms with Gasteiger partial charge in [-0.25, -0.2) is 0 Å². The molecule has 0 aliphatic heterocycles. The fraction of sp³-hybridized carbons (Fsp3) is 0.284. The first-order chi connectivity index (χ1) is 42.5. The van der Waals surface area contributed by atoms with Gasteiger partial charge in [0.05, 0.1) is 48.1 Å². The van der Waals surface area contributed by atoms with Crippen LogP contribution < -0.4 is 0 Å². The zero-order chi connectivity index (χ0) is 66.0. The minimum atomic E-state index is 0.919. The molecule has 0 aliphatic carbocycles. The van der Waals surface area contributed by atoms with Gasteiger partial charge in [-0.2, -0.15) is 41.9 Å². The summed E-state index contributed by atoms with van der Waals surface area (Å²) in [5.41, 5.74) is 15.9. The number of nitrogens with one attached hydrogen (secondary N) is 5. The highest BCUT2D eigenvalue weighted by atomic mass is 32.1. The minimum Gasteiger partial charge on any atom is -0.472 e. The molecular weight excluding hydrogens is 1170 g/mol. The summed E-state index contributed by atoms with van der Waals surface area (Å²) in [6, 6.07) is 25.8. The molecule has 22 heteroatoms. The van der Waals surface area contributed by atoms with Crippen LogP contribution in [-0.2, 0) is 21.1 Å². The van der Waals surface area contributed by atoms with Crippen LogP contribution in [0.25, 0.3) is 0 Å². The molecule has 14 rings (SSSR count). The number of aryl methyl sites for hydroxylation is 18. The lowest BCUT2D eigenvalue weighted by molar-refractivity contribution is 0.392. The third kappa shape index (κ3) is 44.7. The number of H-pyrrole nitrogens is 5. The molecule has 19 nitrogen and oxygen atoms in total. The van der Waals surface area contributed by atoms with E-state index in [0.717, 1.165) is 39.9 Å². The van der Waals surface area contributed by atoms with Gasteiger partial charge in [0.25, 0.3) is 0 Å². The van der Waals surface area contributed by atoms with Crippen molar-refractivity contribution in [3.05, 3.63) is 282 Å². The van der Waals surface area contributed by atoms with Crippen molar-refractivity contribution in [1.29, 1.82) is 0 Å². The molecule has 0 atom stereocenters. The van der Waals surface area contributed by atoms with Gasteiger partial charge < -0.3 is 23.3 Å². The van der Waals surface area contributed by atoms with E-state index in [-0.39, 0.29) is 0 Å². The fourth-order valence-corrected chi connectivity index (χ4v) is 7.11. The van der Waals surface area contributed by atoms with Crippen LogP contribution in [0, 0.1) is 111 Å². The zero-order valence-corrected chi connectivity index (χ0v) is 57.8. The molecule has 0 amide bonds. The fourth-order valence-electron chi connectivity index (χ4n) is 5.50. The number of thiazole rings is 1. The Balaban J connectivity index is 0.000000480. The number of thiophene rings is 2. The first kappa shape index (κ1) is 77.6. The van der Waals surface area contributed by atoms with Crippen molar-refractivity contribution < 1.29 is 13.4 Å². The molecule has 0 aliphatic rings. The third-order valence-corrected chi connectivity index (χ3v) is 13.1. The Morgan fingerprint density at radius 1 is 0.539 bits per heavy atom. The molecule has 0 saturated heterocycles. The standard InChI is InChI=1S/C6H9NO.3C5H8N2.2C5H7N.2C5H6O.2C5H6S.3C4H6N2.C4H5NS/c1-4-5(2)7-8-6(4)3;1-5-3-6-7(2)4-5;1-5-3-4-7(2)6-5;1-5-3-4-6-7(5)2;1-5-2-3-6-4-5;1-5-3-2-4-6-5;1-5-2-3-6-4-5;1-5-3-2-4-6-5;1-5-2-3-6-4-5;1-5-3-2-4-6-5;1-4-2-5-6-3-4;2*1-4-2-3-5-6-4;1-4-2-5-3-6-4/h1-3H3;3*3-4H,1-2H3;2*2-4,6H,1H3;4*2-4H,1H3;3*2-3H,1H3,(H,5,6);2-3H,1H3. The van der Waals surface area contributed by atoms with E-state index >= 15 is 0 Å². The maximum Gasteiger partial charge on any atom is 0.136 e. The average molecular weight is 1270 g/mol. The Bertz CT molecular complexity index is 2950. The molecule has 0 aromatic carbocycles. The van der Waals surface area contributed by atoms with Gasteiger partial charge in [0.1, 0.15) is 11.5 Å². The number of hydrogen-bond donors (Lipinski definition) is 5. The van der Waals surface area contributed by atoms with E-state index in [2.05, 4.69) is 121 Å². The van der Waals surface area contributed by atoms with Crippen LogP contribution in [0.4, 0.5) is 0 Å². The predicted octanol–water partition coefficient (Wildman–Crippen LogP) is 17.3. The maximum absolute atomic E-state index is 4.84. The third-order valence-electron chi connectivity index (χ3n) is 10.8. The molecular formula is C67H94N16O3S3. The highest BCUT2D eigenvalue weighted by Crippen LogP contribution is 2.08. The largest absolute Gasteiger partial charge is 0.472 e. The van der Waals surface area contributed by atoms with Crippen LogP contribution in [0.2, 0.25) is 0 Å². The second-order valence-electron chi connectivity index (χ2n) is 19.5. The molecule has 89 heavy (non-hydrogen) atoms. The summed E-state index contributed by atoms with van der Waals surface area (Å²) < 4.78 is 19.8. The summed E-state index contributed by atoms with van der Waals surface area (Å²) in [7, 11) is 5.75. The van der Waals surface area contributed by atoms with E-state index in [0.29, 0.717) is 0 Å². The molecule has 5 N–H and O–H groups in total. The van der Waals surface area contributed by atoms with Gasteiger partial charge in [-0.05, 0) is 228 Å². The Kier molecular flexibility index (Phi) is 42.5. The summed E-state index contributed by atoms with van der Waals surface area (Å²) >= 11 is 5.18. The van der Waals surface area contributed by atoms with Crippen molar-refractivity contribution >= 4 is 34.0 Å². The van der Waals surface area contributed by atoms with E-state index in [4.69, 9.17) is 13.4 Å². The second-order valence-corrected chi connectivity index (χ2v) is 22.5. The number of hydrogen-bond acceptors (Lipinski definition) is 14. The molecule has 0 bridgehead atoms. The van der Waals surface area contributed by atoms with Crippen LogP contribution in [0.5, 0.6) is 0 Å². The monoisotopic (exact) mass is 1270 g/mol. The Morgan fingerprint density at radius 3 is 1.42 bits per heavy atom. The molecule has 0 spiro atoms. The Hall–Kier alpha value is -9.38. The summed E-state index contributed by atoms with van der Waals surface area (Å²) in [4.78, 5) is 12.4. The van der Waals surface area contributed by atoms with Crippen LogP contribution in [0.1, 0.15) is 88.8 Å². The van der Waals surface area contributed by atoms with E-state index < -0.39 is 0 Å². The van der Waals surface area contributed by atoms with E-state index in [1.807, 2.05) is 232 Å². The SMILES string of the molecule is Cc1cc[nH]c1.Cc1ccc[nH]1.Cc1ccco1.Cc1cccs1.Cc1ccn(C)n1.Cc1ccn[nH]1.Cc1ccn[nH]1.Cc1ccnn1C.Cc1ccoc1.Cc1ccsc1.Cc1cn[nH]c1.Cc1cncs1.Cc1cnn(C)c1.Cc1noc(C)c1C. The topological polar surface area (TPSA) is 236 Å². The lowest BCUT2D eigenvalue weighted by Gasteiger charge is -1.87. The van der Waals surface area contributed by atoms with Gasteiger partial charge >= 0.3 is 0 Å². The molecule has 0 radical (unpaired) electrons. The predicted molar refractivity (Wildman–Crippen MR) is 367 cm³/mol. The molecule has 14 aromatic heterocycles. The molecule has 478 valence electrons. The minimum absolute atomic E-state index is 0.919. The van der Waals surface area contributed by atoms with E-state index in [9.17, 15) is 0 Å². The van der Waals surface area contributed by atoms with E-state index in [1.54, 1.807) is 87.0 Å². The van der Waals surface area contributed by atoms with Gasteiger partial charge in [0.2, 0.25) is 0 Å². The first-order valence-corrected chi connectivity index (χ1v) is 30.9. The van der Waals surface area contributed by atoms with Crippen molar-refractivity contribution in [3.63, 3.8) is 0 Å². The zero-order valence-electron chi connectivity index (χ0n) is 55.3. The van der Waals surface area contributed by atoms with Crippen molar-refractivity contribution in [2.45, 2.75) is 111 Å². The Morgan fingerprint density at radius 2 is 1.27 bits per heavy atom. The number of aromatic nitrogens is 16. The van der Waals surface area contributed by atoms with Crippen LogP contribution in [0.3, 0.4) is 0 Å². The maximum atomic E-state index is 4.84. The van der Waals surface area contributed by atoms with Crippen molar-refractivity contribution in [2.75, 3.05) is 0 Å². The van der Waals surface area contributed by atoms with Gasteiger partial charge in [0.15, 0.2) is 0 Å². The molecule has 0 saturated carbocycles. The Labute approximate surface area is 538 Å². The molecule has 0 fully saturated rings. The number of rotatable bonds is 0. The lowest BCUT2D eigenvalue weighted by Crippen LogP contribution is -1.90. The van der Waals surface area contributed by atoms with E-state index in [1.165, 1.54) is 49.0 Å². The normalized spacial score (nSPS) is 9.07. The van der Waals surface area contributed by atoms with Gasteiger partial charge in [-0.3, -0.25) is 34.3 Å². The number of furan rings is 2. The molecule has 0 unspecified atom stereocenters. The summed E-state index contributed by atoms with van der Waals surface area (Å²) in [5.74, 6) is 1.89. The summed E-state index contributed by atoms with van der Waals surface area (Å²) in [5, 5.41) is 41.2. The average Bonchev–Trinajstić information content (AvgIpc) is 4.42. The van der Waals surface area contributed by atoms with Crippen molar-refractivity contribution in [2.24, 2.45) is 21.1 Å². The first-order valence-electron chi connectivity index (χ1n) is 28.2.